The van der Waals surface area contributed by atoms with Crippen molar-refractivity contribution in [2.75, 3.05) is 7.11 Å². The van der Waals surface area contributed by atoms with Crippen molar-refractivity contribution in [3.8, 4) is 11.5 Å². The highest BCUT2D eigenvalue weighted by Crippen LogP contribution is 2.43. The van der Waals surface area contributed by atoms with E-state index in [4.69, 9.17) is 9.15 Å². The van der Waals surface area contributed by atoms with Crippen molar-refractivity contribution >= 4 is 22.8 Å². The SMILES string of the molecule is COC1(CCC(C)C)C(=O)C(O)=Cc2oc3cc(O)c(CCC(C)C)c(O)c3c(=O)c21. The second-order valence-electron chi connectivity index (χ2n) is 9.02. The van der Waals surface area contributed by atoms with Crippen LogP contribution in [0.5, 0.6) is 11.5 Å². The number of methoxy groups -OCH3 is 1. The number of ether oxygens (including phenoxy) is 1. The summed E-state index contributed by atoms with van der Waals surface area (Å²) in [5.41, 5.74) is -2.13. The molecule has 0 fully saturated rings. The zero-order valence-electron chi connectivity index (χ0n) is 18.6. The molecular formula is C24H30O7. The Bertz CT molecular complexity index is 1110. The molecular weight excluding hydrogens is 400 g/mol. The Balaban J connectivity index is 2.34. The van der Waals surface area contributed by atoms with E-state index in [9.17, 15) is 24.9 Å². The van der Waals surface area contributed by atoms with Crippen molar-refractivity contribution in [1.82, 2.24) is 0 Å². The second kappa shape index (κ2) is 8.38. The van der Waals surface area contributed by atoms with E-state index >= 15 is 0 Å². The summed E-state index contributed by atoms with van der Waals surface area (Å²) in [5, 5.41) is 31.5. The van der Waals surface area contributed by atoms with Gasteiger partial charge < -0.3 is 24.5 Å². The van der Waals surface area contributed by atoms with Gasteiger partial charge in [-0.05, 0) is 37.5 Å². The molecule has 7 heteroatoms. The molecule has 0 amide bonds. The van der Waals surface area contributed by atoms with Crippen LogP contribution in [-0.4, -0.2) is 28.2 Å². The van der Waals surface area contributed by atoms with Gasteiger partial charge in [0.1, 0.15) is 28.2 Å². The number of ketones is 1. The van der Waals surface area contributed by atoms with Gasteiger partial charge in [-0.3, -0.25) is 9.59 Å². The zero-order chi connectivity index (χ0) is 23.1. The summed E-state index contributed by atoms with van der Waals surface area (Å²) in [6.45, 7) is 8.00. The van der Waals surface area contributed by atoms with Gasteiger partial charge in [0.15, 0.2) is 11.4 Å². The molecule has 0 saturated heterocycles. The van der Waals surface area contributed by atoms with E-state index in [-0.39, 0.29) is 51.7 Å². The van der Waals surface area contributed by atoms with Crippen LogP contribution < -0.4 is 5.43 Å². The van der Waals surface area contributed by atoms with Gasteiger partial charge in [0.05, 0.1) is 5.56 Å². The maximum absolute atomic E-state index is 13.6. The minimum absolute atomic E-state index is 0.0195. The Hall–Kier alpha value is -2.80. The quantitative estimate of drug-likeness (QED) is 0.590. The molecule has 0 spiro atoms. The lowest BCUT2D eigenvalue weighted by Gasteiger charge is -2.34. The number of benzene rings is 1. The number of hydrogen-bond acceptors (Lipinski definition) is 7. The third-order valence-electron chi connectivity index (χ3n) is 5.93. The van der Waals surface area contributed by atoms with E-state index in [1.165, 1.54) is 13.2 Å². The number of phenols is 2. The molecule has 1 aromatic heterocycles. The number of rotatable bonds is 7. The van der Waals surface area contributed by atoms with Crippen molar-refractivity contribution in [3.63, 3.8) is 0 Å². The number of aliphatic hydroxyl groups excluding tert-OH is 1. The lowest BCUT2D eigenvalue weighted by atomic mass is 9.78. The Labute approximate surface area is 181 Å². The minimum Gasteiger partial charge on any atom is -0.507 e. The fourth-order valence-corrected chi connectivity index (χ4v) is 4.08. The van der Waals surface area contributed by atoms with Crippen molar-refractivity contribution in [2.24, 2.45) is 11.8 Å². The van der Waals surface area contributed by atoms with Crippen LogP contribution in [0.25, 0.3) is 17.0 Å². The highest BCUT2D eigenvalue weighted by molar-refractivity contribution is 6.07. The molecule has 0 bridgehead atoms. The van der Waals surface area contributed by atoms with Gasteiger partial charge >= 0.3 is 0 Å². The average molecular weight is 430 g/mol. The van der Waals surface area contributed by atoms with Crippen molar-refractivity contribution in [1.29, 1.82) is 0 Å². The summed E-state index contributed by atoms with van der Waals surface area (Å²) >= 11 is 0. The van der Waals surface area contributed by atoms with Gasteiger partial charge in [0, 0.05) is 24.8 Å². The Kier molecular flexibility index (Phi) is 6.18. The van der Waals surface area contributed by atoms with Crippen LogP contribution in [0.1, 0.15) is 63.8 Å². The fourth-order valence-electron chi connectivity index (χ4n) is 4.08. The lowest BCUT2D eigenvalue weighted by molar-refractivity contribution is -0.143. The average Bonchev–Trinajstić information content (AvgIpc) is 2.68. The summed E-state index contributed by atoms with van der Waals surface area (Å²) in [4.78, 5) is 26.6. The van der Waals surface area contributed by atoms with E-state index in [0.717, 1.165) is 6.08 Å². The van der Waals surface area contributed by atoms with Gasteiger partial charge in [-0.25, -0.2) is 0 Å². The van der Waals surface area contributed by atoms with Gasteiger partial charge in [-0.2, -0.15) is 0 Å². The number of carbonyl (C=O) groups excluding carboxylic acids is 1. The first-order chi connectivity index (χ1) is 14.5. The molecule has 168 valence electrons. The molecule has 0 aliphatic heterocycles. The molecule has 0 saturated carbocycles. The smallest absolute Gasteiger partial charge is 0.233 e. The normalized spacial score (nSPS) is 18.7. The van der Waals surface area contributed by atoms with E-state index in [2.05, 4.69) is 0 Å². The molecule has 3 rings (SSSR count). The third-order valence-corrected chi connectivity index (χ3v) is 5.93. The number of fused-ring (bicyclic) bond motifs is 2. The molecule has 2 aromatic rings. The molecule has 1 atom stereocenters. The monoisotopic (exact) mass is 430 g/mol. The van der Waals surface area contributed by atoms with E-state index in [1.807, 2.05) is 27.7 Å². The summed E-state index contributed by atoms with van der Waals surface area (Å²) in [5.74, 6) is -1.28. The zero-order valence-corrected chi connectivity index (χ0v) is 18.6. The van der Waals surface area contributed by atoms with Crippen LogP contribution in [0.15, 0.2) is 21.0 Å². The Morgan fingerprint density at radius 2 is 1.71 bits per heavy atom. The Morgan fingerprint density at radius 3 is 2.29 bits per heavy atom. The van der Waals surface area contributed by atoms with Crippen LogP contribution >= 0.6 is 0 Å². The van der Waals surface area contributed by atoms with Crippen molar-refractivity contribution in [2.45, 2.75) is 59.0 Å². The van der Waals surface area contributed by atoms with Crippen LogP contribution in [-0.2, 0) is 21.6 Å². The predicted molar refractivity (Wildman–Crippen MR) is 117 cm³/mol. The summed E-state index contributed by atoms with van der Waals surface area (Å²) in [7, 11) is 1.31. The first-order valence-corrected chi connectivity index (χ1v) is 10.6. The molecule has 1 heterocycles. The summed E-state index contributed by atoms with van der Waals surface area (Å²) in [6.07, 6.45) is 2.90. The number of aromatic hydroxyl groups is 2. The van der Waals surface area contributed by atoms with Gasteiger partial charge in [-0.15, -0.1) is 0 Å². The van der Waals surface area contributed by atoms with Crippen LogP contribution in [0, 0.1) is 11.8 Å². The number of hydrogen-bond donors (Lipinski definition) is 3. The second-order valence-corrected chi connectivity index (χ2v) is 9.02. The lowest BCUT2D eigenvalue weighted by Crippen LogP contribution is -2.45. The molecule has 7 nitrogen and oxygen atoms in total. The van der Waals surface area contributed by atoms with E-state index < -0.39 is 22.6 Å². The summed E-state index contributed by atoms with van der Waals surface area (Å²) < 4.78 is 11.4. The maximum Gasteiger partial charge on any atom is 0.233 e. The van der Waals surface area contributed by atoms with Crippen LogP contribution in [0.2, 0.25) is 0 Å². The van der Waals surface area contributed by atoms with Crippen LogP contribution in [0.4, 0.5) is 0 Å². The topological polar surface area (TPSA) is 117 Å². The molecule has 1 unspecified atom stereocenters. The highest BCUT2D eigenvalue weighted by Gasteiger charge is 2.49. The third kappa shape index (κ3) is 3.82. The molecule has 1 aliphatic carbocycles. The van der Waals surface area contributed by atoms with E-state index in [1.54, 1.807) is 0 Å². The molecule has 1 aliphatic rings. The maximum atomic E-state index is 13.6. The number of Topliss-reactive ketones (excluding diaryl/α,β-unsaturated/α-hetero) is 1. The van der Waals surface area contributed by atoms with Crippen LogP contribution in [0.3, 0.4) is 0 Å². The fraction of sp³-hybridized carbons (Fsp3) is 0.500. The first kappa shape index (κ1) is 22.9. The molecule has 0 radical (unpaired) electrons. The predicted octanol–water partition coefficient (Wildman–Crippen LogP) is 4.55. The van der Waals surface area contributed by atoms with Gasteiger partial charge in [0.2, 0.25) is 11.2 Å². The molecule has 3 N–H and O–H groups in total. The Morgan fingerprint density at radius 1 is 1.06 bits per heavy atom. The number of carbonyl (C=O) groups is 1. The van der Waals surface area contributed by atoms with Crippen molar-refractivity contribution < 1.29 is 29.3 Å². The van der Waals surface area contributed by atoms with Crippen molar-refractivity contribution in [3.05, 3.63) is 38.9 Å². The summed E-state index contributed by atoms with van der Waals surface area (Å²) in [6, 6.07) is 1.29. The standard InChI is InChI=1S/C24H30O7/c1-12(2)6-7-14-15(25)10-17-19(21(14)27)22(28)20-18(31-17)11-16(26)23(29)24(20,30-5)9-8-13(3)4/h10-13,25-27H,6-9H2,1-5H3. The minimum atomic E-state index is -1.71. The highest BCUT2D eigenvalue weighted by atomic mass is 16.5. The largest absolute Gasteiger partial charge is 0.507 e. The molecule has 31 heavy (non-hydrogen) atoms. The number of phenolic OH excluding ortho intramolecular Hbond substituents is 2. The molecule has 1 aromatic carbocycles. The van der Waals surface area contributed by atoms with Gasteiger partial charge in [-0.1, -0.05) is 27.7 Å². The van der Waals surface area contributed by atoms with Gasteiger partial charge in [0.25, 0.3) is 0 Å². The first-order valence-electron chi connectivity index (χ1n) is 10.6. The number of aliphatic hydroxyl groups is 1. The van der Waals surface area contributed by atoms with E-state index in [0.29, 0.717) is 25.2 Å².